The molecule has 0 radical (unpaired) electrons. The third-order valence-corrected chi connectivity index (χ3v) is 5.95. The van der Waals surface area contributed by atoms with Gasteiger partial charge in [-0.05, 0) is 67.3 Å². The van der Waals surface area contributed by atoms with E-state index in [0.717, 1.165) is 22.3 Å². The van der Waals surface area contributed by atoms with Crippen LogP contribution in [0.5, 0.6) is 11.5 Å². The zero-order chi connectivity index (χ0) is 25.2. The highest BCUT2D eigenvalue weighted by atomic mass is 16.5. The van der Waals surface area contributed by atoms with Gasteiger partial charge in [0.2, 0.25) is 5.91 Å². The first-order valence-corrected chi connectivity index (χ1v) is 11.8. The summed E-state index contributed by atoms with van der Waals surface area (Å²) in [5, 5.41) is 2.90. The molecule has 0 spiro atoms. The molecule has 0 saturated heterocycles. The van der Waals surface area contributed by atoms with E-state index in [1.165, 1.54) is 0 Å². The summed E-state index contributed by atoms with van der Waals surface area (Å²) < 4.78 is 11.2. The van der Waals surface area contributed by atoms with Crippen LogP contribution in [0, 0.1) is 13.8 Å². The molecule has 1 N–H and O–H groups in total. The van der Waals surface area contributed by atoms with Crippen molar-refractivity contribution >= 4 is 11.8 Å². The molecule has 3 rings (SSSR count). The van der Waals surface area contributed by atoms with E-state index in [-0.39, 0.29) is 25.0 Å². The smallest absolute Gasteiger partial charge is 0.261 e. The van der Waals surface area contributed by atoms with E-state index in [4.69, 9.17) is 9.47 Å². The Bertz CT molecular complexity index is 1130. The van der Waals surface area contributed by atoms with Gasteiger partial charge in [-0.15, -0.1) is 0 Å². The predicted molar refractivity (Wildman–Crippen MR) is 138 cm³/mol. The molecule has 0 unspecified atom stereocenters. The molecule has 1 atom stereocenters. The monoisotopic (exact) mass is 474 g/mol. The van der Waals surface area contributed by atoms with Crippen LogP contribution >= 0.6 is 0 Å². The van der Waals surface area contributed by atoms with Crippen LogP contribution in [0.4, 0.5) is 0 Å². The lowest BCUT2D eigenvalue weighted by atomic mass is 10.0. The number of carbonyl (C=O) groups excluding carboxylic acids is 2. The number of ether oxygens (including phenoxy) is 2. The van der Waals surface area contributed by atoms with Crippen LogP contribution in [0.15, 0.2) is 72.8 Å². The normalized spacial score (nSPS) is 11.4. The molecule has 0 heterocycles. The fraction of sp³-hybridized carbons (Fsp3) is 0.310. The fourth-order valence-electron chi connectivity index (χ4n) is 3.85. The topological polar surface area (TPSA) is 67.9 Å². The van der Waals surface area contributed by atoms with Gasteiger partial charge in [-0.3, -0.25) is 9.59 Å². The molecule has 0 fully saturated rings. The van der Waals surface area contributed by atoms with E-state index >= 15 is 0 Å². The van der Waals surface area contributed by atoms with Gasteiger partial charge in [0.1, 0.15) is 17.5 Å². The van der Waals surface area contributed by atoms with Crippen molar-refractivity contribution in [3.05, 3.63) is 95.1 Å². The molecule has 6 heteroatoms. The van der Waals surface area contributed by atoms with Gasteiger partial charge in [0.25, 0.3) is 5.91 Å². The van der Waals surface area contributed by atoms with Gasteiger partial charge in [-0.2, -0.15) is 0 Å². The van der Waals surface area contributed by atoms with Gasteiger partial charge in [0.05, 0.1) is 7.11 Å². The van der Waals surface area contributed by atoms with Crippen LogP contribution in [-0.2, 0) is 22.6 Å². The lowest BCUT2D eigenvalue weighted by Gasteiger charge is -2.31. The molecule has 6 nitrogen and oxygen atoms in total. The van der Waals surface area contributed by atoms with Crippen molar-refractivity contribution in [3.63, 3.8) is 0 Å². The van der Waals surface area contributed by atoms with E-state index in [1.54, 1.807) is 12.0 Å². The summed E-state index contributed by atoms with van der Waals surface area (Å²) in [4.78, 5) is 28.4. The molecule has 0 saturated carbocycles. The second-order valence-corrected chi connectivity index (χ2v) is 8.51. The number of rotatable bonds is 11. The SMILES string of the molecule is CCNC(=O)[C@H](Cc1ccccc1)N(Cc1cccc(OC)c1)C(=O)COc1ccc(C)c(C)c1. The molecule has 0 aromatic heterocycles. The lowest BCUT2D eigenvalue weighted by molar-refractivity contribution is -0.142. The second-order valence-electron chi connectivity index (χ2n) is 8.51. The van der Waals surface area contributed by atoms with E-state index in [2.05, 4.69) is 5.32 Å². The Morgan fingerprint density at radius 2 is 1.63 bits per heavy atom. The highest BCUT2D eigenvalue weighted by molar-refractivity contribution is 5.88. The van der Waals surface area contributed by atoms with E-state index in [0.29, 0.717) is 24.5 Å². The minimum absolute atomic E-state index is 0.169. The predicted octanol–water partition coefficient (Wildman–Crippen LogP) is 4.47. The van der Waals surface area contributed by atoms with Crippen molar-refractivity contribution in [1.29, 1.82) is 0 Å². The quantitative estimate of drug-likeness (QED) is 0.445. The number of nitrogens with one attached hydrogen (secondary N) is 1. The second kappa shape index (κ2) is 12.6. The summed E-state index contributed by atoms with van der Waals surface area (Å²) in [6, 6.07) is 22.3. The number of methoxy groups -OCH3 is 1. The Morgan fingerprint density at radius 1 is 0.886 bits per heavy atom. The summed E-state index contributed by atoms with van der Waals surface area (Å²) in [6.45, 7) is 6.46. The number of hydrogen-bond donors (Lipinski definition) is 1. The largest absolute Gasteiger partial charge is 0.497 e. The first kappa shape index (κ1) is 25.8. The standard InChI is InChI=1S/C29H34N2O4/c1-5-30-29(33)27(18-23-10-7-6-8-11-23)31(19-24-12-9-13-25(17-24)34-4)28(32)20-35-26-15-14-21(2)22(3)16-26/h6-17,27H,5,18-20H2,1-4H3,(H,30,33)/t27-/m0/s1. The van der Waals surface area contributed by atoms with Gasteiger partial charge < -0.3 is 19.7 Å². The average molecular weight is 475 g/mol. The number of benzene rings is 3. The molecule has 3 aromatic rings. The molecule has 184 valence electrons. The summed E-state index contributed by atoms with van der Waals surface area (Å²) in [5.41, 5.74) is 4.09. The zero-order valence-corrected chi connectivity index (χ0v) is 20.9. The minimum atomic E-state index is -0.695. The van der Waals surface area contributed by atoms with Gasteiger partial charge in [-0.1, -0.05) is 48.5 Å². The van der Waals surface area contributed by atoms with Crippen molar-refractivity contribution in [2.75, 3.05) is 20.3 Å². The Morgan fingerprint density at radius 3 is 2.31 bits per heavy atom. The van der Waals surface area contributed by atoms with Crippen molar-refractivity contribution in [3.8, 4) is 11.5 Å². The van der Waals surface area contributed by atoms with E-state index < -0.39 is 6.04 Å². The van der Waals surface area contributed by atoms with Crippen LogP contribution in [0.25, 0.3) is 0 Å². The van der Waals surface area contributed by atoms with Gasteiger partial charge in [0.15, 0.2) is 6.61 Å². The molecular weight excluding hydrogens is 440 g/mol. The molecule has 35 heavy (non-hydrogen) atoms. The maximum Gasteiger partial charge on any atom is 0.261 e. The van der Waals surface area contributed by atoms with E-state index in [1.807, 2.05) is 93.6 Å². The number of amides is 2. The van der Waals surface area contributed by atoms with Crippen LogP contribution in [-0.4, -0.2) is 43.0 Å². The van der Waals surface area contributed by atoms with Crippen LogP contribution in [0.1, 0.15) is 29.2 Å². The van der Waals surface area contributed by atoms with Crippen LogP contribution in [0.2, 0.25) is 0 Å². The highest BCUT2D eigenvalue weighted by Gasteiger charge is 2.30. The van der Waals surface area contributed by atoms with Crippen molar-refractivity contribution in [1.82, 2.24) is 10.2 Å². The highest BCUT2D eigenvalue weighted by Crippen LogP contribution is 2.20. The third kappa shape index (κ3) is 7.34. The Kier molecular flexibility index (Phi) is 9.30. The van der Waals surface area contributed by atoms with Crippen LogP contribution < -0.4 is 14.8 Å². The number of likely N-dealkylation sites (N-methyl/N-ethyl adjacent to an activating group) is 1. The summed E-state index contributed by atoms with van der Waals surface area (Å²) in [6.07, 6.45) is 0.395. The zero-order valence-electron chi connectivity index (χ0n) is 20.9. The Hall–Kier alpha value is -3.80. The van der Waals surface area contributed by atoms with Crippen molar-refractivity contribution in [2.24, 2.45) is 0 Å². The molecule has 0 aliphatic heterocycles. The van der Waals surface area contributed by atoms with Gasteiger partial charge >= 0.3 is 0 Å². The summed E-state index contributed by atoms with van der Waals surface area (Å²) >= 11 is 0. The first-order chi connectivity index (χ1) is 16.9. The van der Waals surface area contributed by atoms with Crippen molar-refractivity contribution in [2.45, 2.75) is 39.8 Å². The summed E-state index contributed by atoms with van der Waals surface area (Å²) in [5.74, 6) is 0.858. The number of hydrogen-bond acceptors (Lipinski definition) is 4. The summed E-state index contributed by atoms with van der Waals surface area (Å²) in [7, 11) is 1.60. The molecule has 0 bridgehead atoms. The molecule has 0 aliphatic carbocycles. The number of carbonyl (C=O) groups is 2. The van der Waals surface area contributed by atoms with Gasteiger partial charge in [0, 0.05) is 19.5 Å². The molecule has 2 amide bonds. The maximum absolute atomic E-state index is 13.6. The molecule has 3 aromatic carbocycles. The lowest BCUT2D eigenvalue weighted by Crippen LogP contribution is -2.51. The Balaban J connectivity index is 1.90. The minimum Gasteiger partial charge on any atom is -0.497 e. The van der Waals surface area contributed by atoms with Crippen molar-refractivity contribution < 1.29 is 19.1 Å². The molecule has 0 aliphatic rings. The Labute approximate surface area is 207 Å². The number of nitrogens with zero attached hydrogens (tertiary/aromatic N) is 1. The first-order valence-electron chi connectivity index (χ1n) is 11.8. The number of aryl methyl sites for hydroxylation is 2. The van der Waals surface area contributed by atoms with Crippen LogP contribution in [0.3, 0.4) is 0 Å². The maximum atomic E-state index is 13.6. The van der Waals surface area contributed by atoms with E-state index in [9.17, 15) is 9.59 Å². The third-order valence-electron chi connectivity index (χ3n) is 5.95. The fourth-order valence-corrected chi connectivity index (χ4v) is 3.85. The average Bonchev–Trinajstić information content (AvgIpc) is 2.87. The molecular formula is C29H34N2O4. The van der Waals surface area contributed by atoms with Gasteiger partial charge in [-0.25, -0.2) is 0 Å².